The van der Waals surface area contributed by atoms with Gasteiger partial charge in [0, 0.05) is 35.5 Å². The fourth-order valence-electron chi connectivity index (χ4n) is 5.37. The molecule has 4 aromatic rings. The van der Waals surface area contributed by atoms with Crippen molar-refractivity contribution in [1.82, 2.24) is 19.5 Å². The van der Waals surface area contributed by atoms with E-state index in [9.17, 15) is 4.79 Å². The molecule has 0 aliphatic heterocycles. The van der Waals surface area contributed by atoms with Gasteiger partial charge in [-0.1, -0.05) is 35.9 Å². The van der Waals surface area contributed by atoms with E-state index in [1.807, 2.05) is 61.0 Å². The number of halogens is 1. The van der Waals surface area contributed by atoms with Gasteiger partial charge in [0.1, 0.15) is 34.4 Å². The highest BCUT2D eigenvalue weighted by Gasteiger charge is 2.23. The van der Waals surface area contributed by atoms with Crippen LogP contribution in [-0.4, -0.2) is 51.4 Å². The number of anilines is 1. The molecule has 1 aliphatic carbocycles. The molecule has 11 heteroatoms. The Kier molecular flexibility index (Phi) is 9.47. The summed E-state index contributed by atoms with van der Waals surface area (Å²) in [6, 6.07) is 6.95. The Hall–Kier alpha value is -4.15. The van der Waals surface area contributed by atoms with Gasteiger partial charge in [0.15, 0.2) is 0 Å². The molecule has 1 aromatic carbocycles. The molecular formula is C32H37ClN6O4. The number of pyridine rings is 1. The van der Waals surface area contributed by atoms with Crippen molar-refractivity contribution < 1.29 is 19.0 Å². The lowest BCUT2D eigenvalue weighted by atomic mass is 10.1. The molecule has 10 nitrogen and oxygen atoms in total. The van der Waals surface area contributed by atoms with Crippen molar-refractivity contribution in [3.05, 3.63) is 69.8 Å². The number of aromatic nitrogens is 4. The second kappa shape index (κ2) is 13.4. The number of ether oxygens (including phenoxy) is 3. The Bertz CT molecular complexity index is 1630. The Morgan fingerprint density at radius 2 is 1.91 bits per heavy atom. The molecule has 4 N–H and O–H groups in total. The summed E-state index contributed by atoms with van der Waals surface area (Å²) in [5.41, 5.74) is 17.2. The Morgan fingerprint density at radius 1 is 1.16 bits per heavy atom. The highest BCUT2D eigenvalue weighted by molar-refractivity contribution is 6.34. The zero-order valence-electron chi connectivity index (χ0n) is 24.7. The van der Waals surface area contributed by atoms with Crippen LogP contribution in [0.15, 0.2) is 36.7 Å². The molecule has 1 atom stereocenters. The monoisotopic (exact) mass is 604 g/mol. The van der Waals surface area contributed by atoms with E-state index >= 15 is 0 Å². The van der Waals surface area contributed by atoms with E-state index in [1.54, 1.807) is 13.3 Å². The van der Waals surface area contributed by atoms with Crippen molar-refractivity contribution in [2.75, 3.05) is 19.5 Å². The maximum absolute atomic E-state index is 12.2. The normalized spacial score (nSPS) is 14.4. The van der Waals surface area contributed by atoms with Gasteiger partial charge in [0.05, 0.1) is 31.3 Å². The van der Waals surface area contributed by atoms with Crippen LogP contribution < -0.4 is 20.9 Å². The van der Waals surface area contributed by atoms with Gasteiger partial charge in [0.2, 0.25) is 5.95 Å². The first-order chi connectivity index (χ1) is 20.7. The van der Waals surface area contributed by atoms with E-state index in [1.165, 1.54) is 0 Å². The second-order valence-electron chi connectivity index (χ2n) is 10.8. The lowest BCUT2D eigenvalue weighted by Gasteiger charge is -2.16. The van der Waals surface area contributed by atoms with E-state index in [0.717, 1.165) is 59.4 Å². The van der Waals surface area contributed by atoms with E-state index in [4.69, 9.17) is 37.3 Å². The molecule has 0 radical (unpaired) electrons. The van der Waals surface area contributed by atoms with Crippen LogP contribution in [0, 0.1) is 13.8 Å². The van der Waals surface area contributed by atoms with Crippen LogP contribution in [0.25, 0.3) is 23.2 Å². The van der Waals surface area contributed by atoms with Crippen LogP contribution in [0.3, 0.4) is 0 Å². The minimum absolute atomic E-state index is 0.0109. The summed E-state index contributed by atoms with van der Waals surface area (Å²) < 4.78 is 18.9. The molecule has 0 amide bonds. The highest BCUT2D eigenvalue weighted by Crippen LogP contribution is 2.31. The quantitative estimate of drug-likeness (QED) is 0.168. The van der Waals surface area contributed by atoms with Crippen LogP contribution >= 0.6 is 11.6 Å². The maximum atomic E-state index is 12.2. The summed E-state index contributed by atoms with van der Waals surface area (Å²) in [6.07, 6.45) is 12.2. The van der Waals surface area contributed by atoms with Crippen LogP contribution in [-0.2, 0) is 16.1 Å². The summed E-state index contributed by atoms with van der Waals surface area (Å²) in [5.74, 6) is 1.25. The molecule has 43 heavy (non-hydrogen) atoms. The minimum atomic E-state index is -0.691. The molecule has 226 valence electrons. The third-order valence-electron chi connectivity index (χ3n) is 7.71. The summed E-state index contributed by atoms with van der Waals surface area (Å²) in [5, 5.41) is 0.979. The number of benzene rings is 1. The predicted molar refractivity (Wildman–Crippen MR) is 168 cm³/mol. The van der Waals surface area contributed by atoms with Crippen molar-refractivity contribution in [3.8, 4) is 11.5 Å². The average molecular weight is 605 g/mol. The zero-order chi connectivity index (χ0) is 30.5. The first-order valence-electron chi connectivity index (χ1n) is 14.4. The van der Waals surface area contributed by atoms with Gasteiger partial charge in [-0.3, -0.25) is 9.78 Å². The number of nitrogens with zero attached hydrogens (tertiary/aromatic N) is 4. The third-order valence-corrected chi connectivity index (χ3v) is 7.98. The Balaban J connectivity index is 1.26. The fraction of sp³-hybridized carbons (Fsp3) is 0.375. The van der Waals surface area contributed by atoms with Crippen molar-refractivity contribution in [2.24, 2.45) is 5.73 Å². The third kappa shape index (κ3) is 7.09. The lowest BCUT2D eigenvalue weighted by Crippen LogP contribution is -2.35. The van der Waals surface area contributed by atoms with Crippen LogP contribution in [0.5, 0.6) is 11.5 Å². The second-order valence-corrected chi connectivity index (χ2v) is 11.2. The zero-order valence-corrected chi connectivity index (χ0v) is 25.4. The predicted octanol–water partition coefficient (Wildman–Crippen LogP) is 5.49. The van der Waals surface area contributed by atoms with Gasteiger partial charge in [-0.2, -0.15) is 4.98 Å². The van der Waals surface area contributed by atoms with Gasteiger partial charge < -0.3 is 30.2 Å². The summed E-state index contributed by atoms with van der Waals surface area (Å²) in [4.78, 5) is 25.5. The number of fused-ring (bicyclic) bond motifs is 1. The summed E-state index contributed by atoms with van der Waals surface area (Å²) in [7, 11) is 1.66. The number of esters is 1. The average Bonchev–Trinajstić information content (AvgIpc) is 3.62. The number of hydrogen-bond acceptors (Lipinski definition) is 9. The van der Waals surface area contributed by atoms with Crippen LogP contribution in [0.4, 0.5) is 5.95 Å². The molecule has 3 aromatic heterocycles. The molecule has 0 unspecified atom stereocenters. The molecule has 5 rings (SSSR count). The van der Waals surface area contributed by atoms with Crippen molar-refractivity contribution in [3.63, 3.8) is 0 Å². The molecule has 1 saturated carbocycles. The number of carbonyl (C=O) groups excluding carboxylic acids is 1. The van der Waals surface area contributed by atoms with Crippen molar-refractivity contribution >= 4 is 46.7 Å². The summed E-state index contributed by atoms with van der Waals surface area (Å²) >= 11 is 6.55. The van der Waals surface area contributed by atoms with Gasteiger partial charge in [-0.25, -0.2) is 4.98 Å². The standard InChI is InChI=1S/C32H37ClN6O4/c1-19-16-36-26(20(2)28(19)41-3)18-39-17-22(27-29(33)37-32(35)38-30(27)39)11-8-21-9-12-23(13-10-21)42-15-14-25(34)31(40)43-24-6-4-5-7-24/h8-13,16-17,24-25H,4-7,14-15,18,34H2,1-3H3,(H2,35,37,38)/b11-8-/t25-/m0/s1. The SMILES string of the molecule is COc1c(C)cnc(Cn2cc(/C=C\c3ccc(OCC[C@H](N)C(=O)OC4CCCC4)cc3)c3c(Cl)nc(N)nc32)c1C. The highest BCUT2D eigenvalue weighted by atomic mass is 35.5. The molecular weight excluding hydrogens is 568 g/mol. The molecule has 0 bridgehead atoms. The Morgan fingerprint density at radius 3 is 2.63 bits per heavy atom. The van der Waals surface area contributed by atoms with Gasteiger partial charge in [0.25, 0.3) is 0 Å². The fourth-order valence-corrected chi connectivity index (χ4v) is 5.65. The van der Waals surface area contributed by atoms with Crippen molar-refractivity contribution in [2.45, 2.75) is 64.6 Å². The van der Waals surface area contributed by atoms with E-state index in [0.29, 0.717) is 36.4 Å². The molecule has 1 aliphatic rings. The minimum Gasteiger partial charge on any atom is -0.496 e. The first-order valence-corrected chi connectivity index (χ1v) is 14.8. The van der Waals surface area contributed by atoms with Crippen LogP contribution in [0.1, 0.15) is 60.1 Å². The largest absolute Gasteiger partial charge is 0.496 e. The topological polar surface area (TPSA) is 140 Å². The number of rotatable bonds is 11. The number of hydrogen-bond donors (Lipinski definition) is 2. The van der Waals surface area contributed by atoms with Gasteiger partial charge >= 0.3 is 5.97 Å². The van der Waals surface area contributed by atoms with E-state index in [-0.39, 0.29) is 23.2 Å². The lowest BCUT2D eigenvalue weighted by molar-refractivity contribution is -0.150. The Labute approximate surface area is 256 Å². The summed E-state index contributed by atoms with van der Waals surface area (Å²) in [6.45, 7) is 4.73. The van der Waals surface area contributed by atoms with Crippen molar-refractivity contribution in [1.29, 1.82) is 0 Å². The van der Waals surface area contributed by atoms with E-state index < -0.39 is 6.04 Å². The van der Waals surface area contributed by atoms with Crippen LogP contribution in [0.2, 0.25) is 5.15 Å². The maximum Gasteiger partial charge on any atom is 0.323 e. The van der Waals surface area contributed by atoms with E-state index in [2.05, 4.69) is 15.0 Å². The van der Waals surface area contributed by atoms with Gasteiger partial charge in [-0.15, -0.1) is 0 Å². The molecule has 3 heterocycles. The molecule has 1 fully saturated rings. The first kappa shape index (κ1) is 30.3. The molecule has 0 saturated heterocycles. The number of nitrogen functional groups attached to an aromatic ring is 1. The number of aryl methyl sites for hydroxylation is 1. The smallest absolute Gasteiger partial charge is 0.323 e. The number of carbonyl (C=O) groups is 1. The van der Waals surface area contributed by atoms with Gasteiger partial charge in [-0.05, 0) is 57.2 Å². The number of nitrogens with two attached hydrogens (primary N) is 2. The molecule has 0 spiro atoms. The number of methoxy groups -OCH3 is 1.